The third-order valence-corrected chi connectivity index (χ3v) is 5.28. The molecular formula is C23H23F3N6O2. The van der Waals surface area contributed by atoms with Gasteiger partial charge in [-0.1, -0.05) is 12.1 Å². The highest BCUT2D eigenvalue weighted by atomic mass is 19.4. The van der Waals surface area contributed by atoms with Gasteiger partial charge in [0.15, 0.2) is 0 Å². The quantitative estimate of drug-likeness (QED) is 0.568. The van der Waals surface area contributed by atoms with Crippen LogP contribution in [0.15, 0.2) is 42.5 Å². The number of hydrogen-bond donors (Lipinski definition) is 1. The third-order valence-electron chi connectivity index (χ3n) is 5.28. The number of carbonyl (C=O) groups excluding carboxylic acids is 1. The van der Waals surface area contributed by atoms with Crippen LogP contribution >= 0.6 is 0 Å². The molecule has 1 aliphatic heterocycles. The van der Waals surface area contributed by atoms with E-state index >= 15 is 0 Å². The van der Waals surface area contributed by atoms with E-state index in [1.54, 1.807) is 12.1 Å². The summed E-state index contributed by atoms with van der Waals surface area (Å²) in [4.78, 5) is 30.4. The van der Waals surface area contributed by atoms with E-state index in [1.165, 1.54) is 36.4 Å². The molecule has 1 N–H and O–H groups in total. The van der Waals surface area contributed by atoms with Crippen molar-refractivity contribution in [3.05, 3.63) is 53.7 Å². The number of anilines is 2. The first-order valence-corrected chi connectivity index (χ1v) is 10.6. The minimum atomic E-state index is -4.75. The summed E-state index contributed by atoms with van der Waals surface area (Å²) in [7, 11) is 2.09. The van der Waals surface area contributed by atoms with Gasteiger partial charge < -0.3 is 19.9 Å². The lowest BCUT2D eigenvalue weighted by molar-refractivity contribution is -0.274. The molecule has 3 aromatic rings. The molecule has 4 rings (SSSR count). The standard InChI is InChI=1S/C23H23F3N6O2/c1-15-21-18(28-22(27-15)32-13-11-31(2)12-14-32)8-9-19(30-21)29-20(33)10-5-16-3-6-17(7-4-16)34-23(24,25)26/h3-10H,11-14H2,1-2H3,(H,29,30,33)/b10-5+. The predicted molar refractivity (Wildman–Crippen MR) is 123 cm³/mol. The number of aryl methyl sites for hydroxylation is 1. The Labute approximate surface area is 194 Å². The Balaban J connectivity index is 1.42. The molecule has 3 heterocycles. The van der Waals surface area contributed by atoms with Gasteiger partial charge >= 0.3 is 6.36 Å². The molecule has 11 heteroatoms. The van der Waals surface area contributed by atoms with Gasteiger partial charge in [0, 0.05) is 32.3 Å². The van der Waals surface area contributed by atoms with Crippen molar-refractivity contribution in [3.8, 4) is 5.75 Å². The fourth-order valence-electron chi connectivity index (χ4n) is 3.48. The number of rotatable bonds is 5. The molecular weight excluding hydrogens is 449 g/mol. The molecule has 8 nitrogen and oxygen atoms in total. The Kier molecular flexibility index (Phi) is 6.64. The molecule has 1 saturated heterocycles. The first kappa shape index (κ1) is 23.4. The molecule has 2 aromatic heterocycles. The summed E-state index contributed by atoms with van der Waals surface area (Å²) in [6.45, 7) is 5.46. The van der Waals surface area contributed by atoms with Crippen LogP contribution in [0.4, 0.5) is 24.9 Å². The number of piperazine rings is 1. The Morgan fingerprint density at radius 2 is 1.74 bits per heavy atom. The minimum absolute atomic E-state index is 0.331. The Hall–Kier alpha value is -3.73. The van der Waals surface area contributed by atoms with Gasteiger partial charge in [-0.3, -0.25) is 4.79 Å². The largest absolute Gasteiger partial charge is 0.573 e. The summed E-state index contributed by atoms with van der Waals surface area (Å²) in [6, 6.07) is 8.63. The number of amides is 1. The summed E-state index contributed by atoms with van der Waals surface area (Å²) < 4.78 is 40.5. The van der Waals surface area contributed by atoms with Gasteiger partial charge in [0.1, 0.15) is 17.1 Å². The summed E-state index contributed by atoms with van der Waals surface area (Å²) in [5.41, 5.74) is 2.54. The van der Waals surface area contributed by atoms with Gasteiger partial charge in [-0.05, 0) is 49.9 Å². The number of alkyl halides is 3. The van der Waals surface area contributed by atoms with E-state index in [2.05, 4.69) is 41.9 Å². The Morgan fingerprint density at radius 3 is 2.41 bits per heavy atom. The number of benzene rings is 1. The molecule has 0 spiro atoms. The van der Waals surface area contributed by atoms with E-state index < -0.39 is 12.3 Å². The number of ether oxygens (including phenoxy) is 1. The summed E-state index contributed by atoms with van der Waals surface area (Å²) >= 11 is 0. The van der Waals surface area contributed by atoms with Crippen molar-refractivity contribution in [2.45, 2.75) is 13.3 Å². The van der Waals surface area contributed by atoms with Crippen LogP contribution in [0.2, 0.25) is 0 Å². The van der Waals surface area contributed by atoms with Gasteiger partial charge in [-0.25, -0.2) is 15.0 Å². The molecule has 0 bridgehead atoms. The number of likely N-dealkylation sites (N-methyl/N-ethyl adjacent to an activating group) is 1. The van der Waals surface area contributed by atoms with E-state index in [4.69, 9.17) is 0 Å². The maximum Gasteiger partial charge on any atom is 0.573 e. The number of fused-ring (bicyclic) bond motifs is 1. The molecule has 0 unspecified atom stereocenters. The monoisotopic (exact) mass is 472 g/mol. The van der Waals surface area contributed by atoms with Crippen molar-refractivity contribution in [2.75, 3.05) is 43.4 Å². The van der Waals surface area contributed by atoms with Gasteiger partial charge in [0.2, 0.25) is 11.9 Å². The SMILES string of the molecule is Cc1nc(N2CCN(C)CC2)nc2ccc(NC(=O)/C=C/c3ccc(OC(F)(F)F)cc3)nc12. The van der Waals surface area contributed by atoms with Crippen LogP contribution in [0.5, 0.6) is 5.75 Å². The van der Waals surface area contributed by atoms with E-state index in [-0.39, 0.29) is 5.75 Å². The molecule has 0 aliphatic carbocycles. The van der Waals surface area contributed by atoms with Crippen LogP contribution < -0.4 is 15.0 Å². The fraction of sp³-hybridized carbons (Fsp3) is 0.304. The zero-order valence-electron chi connectivity index (χ0n) is 18.6. The number of aromatic nitrogens is 3. The van der Waals surface area contributed by atoms with Gasteiger partial charge in [-0.15, -0.1) is 13.2 Å². The number of pyridine rings is 1. The topological polar surface area (TPSA) is 83.5 Å². The molecule has 0 saturated carbocycles. The van der Waals surface area contributed by atoms with E-state index in [0.717, 1.165) is 26.2 Å². The average molecular weight is 472 g/mol. The molecule has 178 valence electrons. The molecule has 34 heavy (non-hydrogen) atoms. The second-order valence-corrected chi connectivity index (χ2v) is 7.90. The van der Waals surface area contributed by atoms with Crippen molar-refractivity contribution in [1.82, 2.24) is 19.9 Å². The summed E-state index contributed by atoms with van der Waals surface area (Å²) in [5.74, 6) is 0.249. The smallest absolute Gasteiger partial charge is 0.406 e. The number of halogens is 3. The van der Waals surface area contributed by atoms with Crippen LogP contribution in [0, 0.1) is 6.92 Å². The van der Waals surface area contributed by atoms with Crippen molar-refractivity contribution in [1.29, 1.82) is 0 Å². The lowest BCUT2D eigenvalue weighted by Gasteiger charge is -2.32. The first-order chi connectivity index (χ1) is 16.2. The number of nitrogens with one attached hydrogen (secondary N) is 1. The second-order valence-electron chi connectivity index (χ2n) is 7.90. The first-order valence-electron chi connectivity index (χ1n) is 10.6. The maximum absolute atomic E-state index is 12.3. The third kappa shape index (κ3) is 5.98. The molecule has 1 aromatic carbocycles. The highest BCUT2D eigenvalue weighted by molar-refractivity contribution is 6.01. The average Bonchev–Trinajstić information content (AvgIpc) is 2.78. The number of hydrogen-bond acceptors (Lipinski definition) is 7. The van der Waals surface area contributed by atoms with Crippen LogP contribution in [0.25, 0.3) is 17.1 Å². The lowest BCUT2D eigenvalue weighted by atomic mass is 10.2. The molecule has 1 amide bonds. The van der Waals surface area contributed by atoms with Crippen molar-refractivity contribution < 1.29 is 22.7 Å². The molecule has 0 atom stereocenters. The Morgan fingerprint density at radius 1 is 1.03 bits per heavy atom. The van der Waals surface area contributed by atoms with Crippen molar-refractivity contribution in [3.63, 3.8) is 0 Å². The van der Waals surface area contributed by atoms with Crippen molar-refractivity contribution >= 4 is 34.8 Å². The number of nitrogens with zero attached hydrogens (tertiary/aromatic N) is 5. The van der Waals surface area contributed by atoms with E-state index in [0.29, 0.717) is 34.1 Å². The number of carbonyl (C=O) groups is 1. The normalized spacial score (nSPS) is 15.1. The van der Waals surface area contributed by atoms with Gasteiger partial charge in [-0.2, -0.15) is 0 Å². The molecule has 0 radical (unpaired) electrons. The zero-order chi connectivity index (χ0) is 24.3. The molecule has 1 fully saturated rings. The summed E-state index contributed by atoms with van der Waals surface area (Å²) in [6.07, 6.45) is -2.00. The second kappa shape index (κ2) is 9.64. The fourth-order valence-corrected chi connectivity index (χ4v) is 3.48. The Bertz CT molecular complexity index is 1210. The predicted octanol–water partition coefficient (Wildman–Crippen LogP) is 3.64. The zero-order valence-corrected chi connectivity index (χ0v) is 18.6. The lowest BCUT2D eigenvalue weighted by Crippen LogP contribution is -2.45. The van der Waals surface area contributed by atoms with E-state index in [1.807, 2.05) is 6.92 Å². The van der Waals surface area contributed by atoms with Crippen LogP contribution in [-0.2, 0) is 4.79 Å². The summed E-state index contributed by atoms with van der Waals surface area (Å²) in [5, 5.41) is 2.68. The highest BCUT2D eigenvalue weighted by Crippen LogP contribution is 2.23. The maximum atomic E-state index is 12.3. The van der Waals surface area contributed by atoms with Crippen LogP contribution in [0.3, 0.4) is 0 Å². The van der Waals surface area contributed by atoms with Crippen LogP contribution in [0.1, 0.15) is 11.3 Å². The minimum Gasteiger partial charge on any atom is -0.406 e. The van der Waals surface area contributed by atoms with Crippen LogP contribution in [-0.4, -0.2) is 65.3 Å². The highest BCUT2D eigenvalue weighted by Gasteiger charge is 2.30. The van der Waals surface area contributed by atoms with Gasteiger partial charge in [0.05, 0.1) is 11.2 Å². The van der Waals surface area contributed by atoms with Crippen molar-refractivity contribution in [2.24, 2.45) is 0 Å². The molecule has 1 aliphatic rings. The van der Waals surface area contributed by atoms with Gasteiger partial charge in [0.25, 0.3) is 0 Å². The van der Waals surface area contributed by atoms with E-state index in [9.17, 15) is 18.0 Å².